The van der Waals surface area contributed by atoms with E-state index < -0.39 is 5.79 Å². The summed E-state index contributed by atoms with van der Waals surface area (Å²) in [5.74, 6) is -0.765. The van der Waals surface area contributed by atoms with Gasteiger partial charge in [-0.3, -0.25) is 4.79 Å². The number of hydrogen-bond acceptors (Lipinski definition) is 4. The molecule has 0 radical (unpaired) electrons. The highest BCUT2D eigenvalue weighted by Crippen LogP contribution is 2.61. The van der Waals surface area contributed by atoms with Crippen LogP contribution in [-0.2, 0) is 19.0 Å². The lowest BCUT2D eigenvalue weighted by atomic mass is 9.53. The third-order valence-corrected chi connectivity index (χ3v) is 5.56. The molecular formula is C16H26O4. The van der Waals surface area contributed by atoms with Crippen LogP contribution in [0.5, 0.6) is 0 Å². The fourth-order valence-electron chi connectivity index (χ4n) is 3.85. The zero-order chi connectivity index (χ0) is 14.9. The van der Waals surface area contributed by atoms with E-state index in [9.17, 15) is 4.79 Å². The lowest BCUT2D eigenvalue weighted by molar-refractivity contribution is -0.282. The van der Waals surface area contributed by atoms with Crippen molar-refractivity contribution < 1.29 is 19.0 Å². The van der Waals surface area contributed by atoms with Crippen molar-refractivity contribution in [1.82, 2.24) is 0 Å². The summed E-state index contributed by atoms with van der Waals surface area (Å²) in [6, 6.07) is 0. The van der Waals surface area contributed by atoms with E-state index >= 15 is 0 Å². The van der Waals surface area contributed by atoms with Gasteiger partial charge in [-0.15, -0.1) is 6.58 Å². The minimum atomic E-state index is -0.581. The van der Waals surface area contributed by atoms with Gasteiger partial charge in [0.15, 0.2) is 5.79 Å². The zero-order valence-electron chi connectivity index (χ0n) is 12.9. The smallest absolute Gasteiger partial charge is 0.305 e. The molecule has 1 heterocycles. The van der Waals surface area contributed by atoms with E-state index in [1.54, 1.807) is 0 Å². The first kappa shape index (κ1) is 15.5. The van der Waals surface area contributed by atoms with Gasteiger partial charge in [-0.25, -0.2) is 0 Å². The maximum atomic E-state index is 11.6. The molecule has 0 aromatic heterocycles. The van der Waals surface area contributed by atoms with Gasteiger partial charge in [0.2, 0.25) is 0 Å². The number of methoxy groups -OCH3 is 1. The van der Waals surface area contributed by atoms with Crippen molar-refractivity contribution >= 4 is 5.97 Å². The highest BCUT2D eigenvalue weighted by Gasteiger charge is 2.62. The third-order valence-electron chi connectivity index (χ3n) is 5.56. The molecule has 0 amide bonds. The Morgan fingerprint density at radius 3 is 2.50 bits per heavy atom. The van der Waals surface area contributed by atoms with Gasteiger partial charge in [0, 0.05) is 18.3 Å². The summed E-state index contributed by atoms with van der Waals surface area (Å²) in [6.45, 7) is 9.64. The van der Waals surface area contributed by atoms with Crippen LogP contribution in [0.2, 0.25) is 0 Å². The number of allylic oxidation sites excluding steroid dienone is 1. The summed E-state index contributed by atoms with van der Waals surface area (Å²) in [5, 5.41) is 0. The predicted molar refractivity (Wildman–Crippen MR) is 76.1 cm³/mol. The Kier molecular flexibility index (Phi) is 4.26. The zero-order valence-corrected chi connectivity index (χ0v) is 12.9. The molecule has 1 spiro atoms. The molecule has 4 nitrogen and oxygen atoms in total. The van der Waals surface area contributed by atoms with Crippen LogP contribution in [-0.4, -0.2) is 32.1 Å². The minimum Gasteiger partial charge on any atom is -0.469 e. The molecule has 114 valence electrons. The minimum absolute atomic E-state index is 0.108. The molecular weight excluding hydrogens is 256 g/mol. The molecule has 20 heavy (non-hydrogen) atoms. The van der Waals surface area contributed by atoms with Gasteiger partial charge in [0.25, 0.3) is 0 Å². The lowest BCUT2D eigenvalue weighted by Crippen LogP contribution is -2.58. The highest BCUT2D eigenvalue weighted by molar-refractivity contribution is 5.69. The number of carbonyl (C=O) groups is 1. The van der Waals surface area contributed by atoms with E-state index in [-0.39, 0.29) is 16.8 Å². The molecule has 2 aliphatic rings. The molecule has 1 saturated heterocycles. The molecule has 4 heteroatoms. The van der Waals surface area contributed by atoms with Gasteiger partial charge in [0.1, 0.15) is 0 Å². The molecule has 2 rings (SSSR count). The normalized spacial score (nSPS) is 36.0. The monoisotopic (exact) mass is 282 g/mol. The summed E-state index contributed by atoms with van der Waals surface area (Å²) < 4.78 is 16.9. The average molecular weight is 282 g/mol. The molecule has 1 aliphatic heterocycles. The SMILES string of the molecule is C=C[C@@]1(C)CCCC2(OCCO2)[C@@]1(C)CCC(=O)OC. The van der Waals surface area contributed by atoms with Crippen molar-refractivity contribution in [2.75, 3.05) is 20.3 Å². The van der Waals surface area contributed by atoms with Crippen LogP contribution in [0.3, 0.4) is 0 Å². The molecule has 0 bridgehead atoms. The second kappa shape index (κ2) is 5.49. The van der Waals surface area contributed by atoms with Gasteiger partial charge >= 0.3 is 5.97 Å². The first-order valence-corrected chi connectivity index (χ1v) is 7.41. The van der Waals surface area contributed by atoms with Gasteiger partial charge < -0.3 is 14.2 Å². The van der Waals surface area contributed by atoms with E-state index in [0.717, 1.165) is 19.3 Å². The first-order valence-electron chi connectivity index (χ1n) is 7.41. The quantitative estimate of drug-likeness (QED) is 0.587. The Morgan fingerprint density at radius 2 is 1.95 bits per heavy atom. The number of ether oxygens (including phenoxy) is 3. The topological polar surface area (TPSA) is 44.8 Å². The molecule has 0 unspecified atom stereocenters. The van der Waals surface area contributed by atoms with Crippen molar-refractivity contribution in [3.05, 3.63) is 12.7 Å². The van der Waals surface area contributed by atoms with Gasteiger partial charge in [-0.05, 0) is 24.7 Å². The van der Waals surface area contributed by atoms with Crippen molar-refractivity contribution in [3.63, 3.8) is 0 Å². The first-order chi connectivity index (χ1) is 9.43. The summed E-state index contributed by atoms with van der Waals surface area (Å²) in [7, 11) is 1.43. The Morgan fingerprint density at radius 1 is 1.30 bits per heavy atom. The second-order valence-electron chi connectivity index (χ2n) is 6.33. The average Bonchev–Trinajstić information content (AvgIpc) is 2.92. The Hall–Kier alpha value is -0.870. The summed E-state index contributed by atoms with van der Waals surface area (Å²) in [5.41, 5.74) is -0.381. The van der Waals surface area contributed by atoms with Gasteiger partial charge in [-0.2, -0.15) is 0 Å². The van der Waals surface area contributed by atoms with E-state index in [1.165, 1.54) is 7.11 Å². The lowest BCUT2D eigenvalue weighted by Gasteiger charge is -2.57. The molecule has 2 fully saturated rings. The van der Waals surface area contributed by atoms with Crippen LogP contribution < -0.4 is 0 Å². The standard InChI is InChI=1S/C16H26O4/c1-5-14(2)8-6-9-16(19-11-12-20-16)15(14,3)10-7-13(17)18-4/h5H,1,6-12H2,2-4H3/t14-,15-/m0/s1. The maximum absolute atomic E-state index is 11.6. The number of carbonyl (C=O) groups excluding carboxylic acids is 1. The predicted octanol–water partition coefficient (Wildman–Crippen LogP) is 3.07. The van der Waals surface area contributed by atoms with Crippen LogP contribution in [0.25, 0.3) is 0 Å². The maximum Gasteiger partial charge on any atom is 0.305 e. The third kappa shape index (κ3) is 2.19. The van der Waals surface area contributed by atoms with Gasteiger partial charge in [0.05, 0.1) is 20.3 Å². The largest absolute Gasteiger partial charge is 0.469 e. The fraction of sp³-hybridized carbons (Fsp3) is 0.812. The summed E-state index contributed by atoms with van der Waals surface area (Å²) in [6.07, 6.45) is 6.05. The number of esters is 1. The Labute approximate surface area is 121 Å². The van der Waals surface area contributed by atoms with Crippen LogP contribution in [0.4, 0.5) is 0 Å². The molecule has 1 saturated carbocycles. The van der Waals surface area contributed by atoms with Crippen molar-refractivity contribution in [2.45, 2.75) is 51.7 Å². The summed E-state index contributed by atoms with van der Waals surface area (Å²) >= 11 is 0. The molecule has 0 aromatic rings. The fourth-order valence-corrected chi connectivity index (χ4v) is 3.85. The van der Waals surface area contributed by atoms with E-state index in [0.29, 0.717) is 26.1 Å². The van der Waals surface area contributed by atoms with Crippen molar-refractivity contribution in [2.24, 2.45) is 10.8 Å². The summed E-state index contributed by atoms with van der Waals surface area (Å²) in [4.78, 5) is 11.6. The van der Waals surface area contributed by atoms with Crippen molar-refractivity contribution in [1.29, 1.82) is 0 Å². The van der Waals surface area contributed by atoms with Crippen LogP contribution in [0.1, 0.15) is 46.0 Å². The van der Waals surface area contributed by atoms with E-state index in [2.05, 4.69) is 20.4 Å². The van der Waals surface area contributed by atoms with Gasteiger partial charge in [-0.1, -0.05) is 19.9 Å². The Bertz CT molecular complexity index is 386. The number of hydrogen-bond donors (Lipinski definition) is 0. The molecule has 0 N–H and O–H groups in total. The van der Waals surface area contributed by atoms with Crippen LogP contribution in [0.15, 0.2) is 12.7 Å². The Balaban J connectivity index is 2.32. The van der Waals surface area contributed by atoms with Crippen LogP contribution >= 0.6 is 0 Å². The van der Waals surface area contributed by atoms with Crippen molar-refractivity contribution in [3.8, 4) is 0 Å². The van der Waals surface area contributed by atoms with Crippen LogP contribution in [0, 0.1) is 10.8 Å². The molecule has 0 aromatic carbocycles. The number of rotatable bonds is 4. The molecule has 1 aliphatic carbocycles. The highest BCUT2D eigenvalue weighted by atomic mass is 16.7. The second-order valence-corrected chi connectivity index (χ2v) is 6.33. The van der Waals surface area contributed by atoms with E-state index in [1.807, 2.05) is 6.08 Å². The molecule has 2 atom stereocenters. The van der Waals surface area contributed by atoms with E-state index in [4.69, 9.17) is 14.2 Å².